The summed E-state index contributed by atoms with van der Waals surface area (Å²) < 4.78 is 20.7. The number of hydrogen-bond donors (Lipinski definition) is 0. The summed E-state index contributed by atoms with van der Waals surface area (Å²) in [6, 6.07) is 5.05. The fourth-order valence-electron chi connectivity index (χ4n) is 3.09. The summed E-state index contributed by atoms with van der Waals surface area (Å²) in [7, 11) is 3.55. The minimum Gasteiger partial charge on any atom is -0.496 e. The first kappa shape index (κ1) is 14.1. The zero-order valence-electron chi connectivity index (χ0n) is 12.4. The van der Waals surface area contributed by atoms with E-state index in [-0.39, 0.29) is 5.82 Å². The number of hydrogen-bond acceptors (Lipinski definition) is 3. The molecule has 1 aliphatic rings. The van der Waals surface area contributed by atoms with Gasteiger partial charge in [0.05, 0.1) is 13.3 Å². The molecule has 1 aromatic heterocycles. The maximum absolute atomic E-state index is 13.5. The Labute approximate surface area is 124 Å². The van der Waals surface area contributed by atoms with Crippen LogP contribution >= 0.6 is 0 Å². The molecule has 0 bridgehead atoms. The lowest BCUT2D eigenvalue weighted by atomic mass is 10.1. The highest BCUT2D eigenvalue weighted by Crippen LogP contribution is 2.34. The van der Waals surface area contributed by atoms with E-state index in [0.717, 1.165) is 30.7 Å². The minimum atomic E-state index is -0.220. The Kier molecular flexibility index (Phi) is 3.92. The van der Waals surface area contributed by atoms with E-state index in [1.807, 2.05) is 17.9 Å². The second kappa shape index (κ2) is 5.85. The minimum absolute atomic E-state index is 0.220. The van der Waals surface area contributed by atoms with Crippen molar-refractivity contribution in [2.24, 2.45) is 7.05 Å². The number of benzene rings is 1. The Balaban J connectivity index is 1.82. The number of halogens is 1. The van der Waals surface area contributed by atoms with E-state index < -0.39 is 0 Å². The topological polar surface area (TPSA) is 30.3 Å². The molecule has 5 heteroatoms. The number of likely N-dealkylation sites (tertiary alicyclic amines) is 1. The summed E-state index contributed by atoms with van der Waals surface area (Å²) >= 11 is 0. The van der Waals surface area contributed by atoms with Crippen LogP contribution in [-0.2, 0) is 13.6 Å². The second-order valence-corrected chi connectivity index (χ2v) is 5.53. The third-order valence-corrected chi connectivity index (χ3v) is 4.09. The van der Waals surface area contributed by atoms with Crippen LogP contribution in [0.4, 0.5) is 4.39 Å². The average molecular weight is 289 g/mol. The molecule has 2 aromatic rings. The number of methoxy groups -OCH3 is 1. The van der Waals surface area contributed by atoms with Crippen LogP contribution in [0.15, 0.2) is 30.6 Å². The standard InChI is InChI=1S/C16H20FN3O/c1-19-10-13(9-18-19)15-4-3-7-20(15)11-12-8-14(17)5-6-16(12)21-2/h5-6,8-10,15H,3-4,7,11H2,1-2H3/t15-/m1/s1. The van der Waals surface area contributed by atoms with Crippen LogP contribution in [-0.4, -0.2) is 28.3 Å². The van der Waals surface area contributed by atoms with Gasteiger partial charge in [0.25, 0.3) is 0 Å². The summed E-state index contributed by atoms with van der Waals surface area (Å²) in [6.45, 7) is 1.71. The molecule has 0 unspecified atom stereocenters. The third kappa shape index (κ3) is 2.93. The van der Waals surface area contributed by atoms with E-state index >= 15 is 0 Å². The summed E-state index contributed by atoms with van der Waals surface area (Å²) in [5, 5.41) is 4.26. The molecule has 1 aromatic carbocycles. The van der Waals surface area contributed by atoms with Crippen molar-refractivity contribution in [3.63, 3.8) is 0 Å². The predicted molar refractivity (Wildman–Crippen MR) is 78.5 cm³/mol. The van der Waals surface area contributed by atoms with Gasteiger partial charge in [0.2, 0.25) is 0 Å². The van der Waals surface area contributed by atoms with Gasteiger partial charge in [0, 0.05) is 37.0 Å². The highest BCUT2D eigenvalue weighted by molar-refractivity contribution is 5.34. The maximum atomic E-state index is 13.5. The van der Waals surface area contributed by atoms with Gasteiger partial charge >= 0.3 is 0 Å². The van der Waals surface area contributed by atoms with Crippen molar-refractivity contribution in [2.45, 2.75) is 25.4 Å². The van der Waals surface area contributed by atoms with Crippen LogP contribution in [0.2, 0.25) is 0 Å². The lowest BCUT2D eigenvalue weighted by molar-refractivity contribution is 0.244. The molecule has 0 aliphatic carbocycles. The largest absolute Gasteiger partial charge is 0.496 e. The molecular weight excluding hydrogens is 269 g/mol. The van der Waals surface area contributed by atoms with Crippen molar-refractivity contribution in [3.8, 4) is 5.75 Å². The first-order valence-corrected chi connectivity index (χ1v) is 7.22. The lowest BCUT2D eigenvalue weighted by Crippen LogP contribution is -2.23. The van der Waals surface area contributed by atoms with Gasteiger partial charge in [-0.05, 0) is 37.6 Å². The number of rotatable bonds is 4. The first-order valence-electron chi connectivity index (χ1n) is 7.22. The van der Waals surface area contributed by atoms with Gasteiger partial charge in [0.15, 0.2) is 0 Å². The van der Waals surface area contributed by atoms with Gasteiger partial charge in [0.1, 0.15) is 11.6 Å². The Bertz CT molecular complexity index is 626. The lowest BCUT2D eigenvalue weighted by Gasteiger charge is -2.24. The molecule has 1 saturated heterocycles. The molecule has 0 saturated carbocycles. The van der Waals surface area contributed by atoms with Crippen molar-refractivity contribution in [2.75, 3.05) is 13.7 Å². The van der Waals surface area contributed by atoms with Gasteiger partial charge in [-0.1, -0.05) is 0 Å². The summed E-state index contributed by atoms with van der Waals surface area (Å²) in [6.07, 6.45) is 6.25. The molecule has 1 aliphatic heterocycles. The molecule has 0 amide bonds. The highest BCUT2D eigenvalue weighted by Gasteiger charge is 2.27. The van der Waals surface area contributed by atoms with Gasteiger partial charge in [-0.2, -0.15) is 5.10 Å². The van der Waals surface area contributed by atoms with Crippen LogP contribution in [0.25, 0.3) is 0 Å². The number of aromatic nitrogens is 2. The Hall–Kier alpha value is -1.88. The monoisotopic (exact) mass is 289 g/mol. The van der Waals surface area contributed by atoms with Crippen LogP contribution in [0.3, 0.4) is 0 Å². The van der Waals surface area contributed by atoms with E-state index in [2.05, 4.69) is 16.2 Å². The Morgan fingerprint density at radius 1 is 1.43 bits per heavy atom. The second-order valence-electron chi connectivity index (χ2n) is 5.53. The number of aryl methyl sites for hydroxylation is 1. The van der Waals surface area contributed by atoms with Crippen molar-refractivity contribution < 1.29 is 9.13 Å². The van der Waals surface area contributed by atoms with Gasteiger partial charge in [-0.15, -0.1) is 0 Å². The summed E-state index contributed by atoms with van der Waals surface area (Å²) in [4.78, 5) is 2.37. The Morgan fingerprint density at radius 3 is 3.00 bits per heavy atom. The summed E-state index contributed by atoms with van der Waals surface area (Å²) in [5.41, 5.74) is 2.12. The van der Waals surface area contributed by atoms with E-state index in [4.69, 9.17) is 4.74 Å². The molecule has 0 N–H and O–H groups in total. The molecule has 3 rings (SSSR count). The molecule has 21 heavy (non-hydrogen) atoms. The van der Waals surface area contributed by atoms with Crippen LogP contribution in [0.5, 0.6) is 5.75 Å². The van der Waals surface area contributed by atoms with Crippen molar-refractivity contribution in [1.29, 1.82) is 0 Å². The van der Waals surface area contributed by atoms with Gasteiger partial charge in [-0.3, -0.25) is 9.58 Å². The van der Waals surface area contributed by atoms with E-state index in [1.54, 1.807) is 19.2 Å². The fraction of sp³-hybridized carbons (Fsp3) is 0.438. The fourth-order valence-corrected chi connectivity index (χ4v) is 3.09. The molecular formula is C16H20FN3O. The average Bonchev–Trinajstić information content (AvgIpc) is 3.08. The first-order chi connectivity index (χ1) is 10.2. The van der Waals surface area contributed by atoms with Crippen LogP contribution < -0.4 is 4.74 Å². The molecule has 1 fully saturated rings. The predicted octanol–water partition coefficient (Wildman–Crippen LogP) is 2.90. The zero-order chi connectivity index (χ0) is 14.8. The highest BCUT2D eigenvalue weighted by atomic mass is 19.1. The SMILES string of the molecule is COc1ccc(F)cc1CN1CCC[C@@H]1c1cnn(C)c1. The maximum Gasteiger partial charge on any atom is 0.123 e. The normalized spacial score (nSPS) is 19.1. The molecule has 0 radical (unpaired) electrons. The molecule has 0 spiro atoms. The van der Waals surface area contributed by atoms with E-state index in [0.29, 0.717) is 12.6 Å². The van der Waals surface area contributed by atoms with Gasteiger partial charge in [-0.25, -0.2) is 4.39 Å². The smallest absolute Gasteiger partial charge is 0.123 e. The molecule has 112 valence electrons. The third-order valence-electron chi connectivity index (χ3n) is 4.09. The molecule has 1 atom stereocenters. The quantitative estimate of drug-likeness (QED) is 0.867. The molecule has 4 nitrogen and oxygen atoms in total. The van der Waals surface area contributed by atoms with Gasteiger partial charge < -0.3 is 4.74 Å². The van der Waals surface area contributed by atoms with Crippen molar-refractivity contribution >= 4 is 0 Å². The van der Waals surface area contributed by atoms with Crippen LogP contribution in [0.1, 0.15) is 30.0 Å². The Morgan fingerprint density at radius 2 is 2.29 bits per heavy atom. The molecule has 2 heterocycles. The van der Waals surface area contributed by atoms with Crippen molar-refractivity contribution in [3.05, 3.63) is 47.5 Å². The number of nitrogens with zero attached hydrogens (tertiary/aromatic N) is 3. The summed E-state index contributed by atoms with van der Waals surface area (Å²) in [5.74, 6) is 0.524. The van der Waals surface area contributed by atoms with Crippen molar-refractivity contribution in [1.82, 2.24) is 14.7 Å². The van der Waals surface area contributed by atoms with E-state index in [9.17, 15) is 4.39 Å². The zero-order valence-corrected chi connectivity index (χ0v) is 12.4. The van der Waals surface area contributed by atoms with E-state index in [1.165, 1.54) is 11.6 Å². The number of ether oxygens (including phenoxy) is 1. The van der Waals surface area contributed by atoms with Crippen LogP contribution in [0, 0.1) is 5.82 Å².